The fourth-order valence-electron chi connectivity index (χ4n) is 3.01. The molecule has 1 amide bonds. The van der Waals surface area contributed by atoms with E-state index in [4.69, 9.17) is 4.74 Å². The summed E-state index contributed by atoms with van der Waals surface area (Å²) in [6.07, 6.45) is 1.87. The van der Waals surface area contributed by atoms with Crippen molar-refractivity contribution in [2.75, 3.05) is 0 Å². The standard InChI is InChI=1S/C23H21N5O3/c29-22(12-14-28-23(30)20-6-1-2-7-21(20)26-27-28)25-15-17-8-10-19(11-9-17)31-16-18-5-3-4-13-24-18/h1-11,13H,12,14-16H2,(H,25,29). The lowest BCUT2D eigenvalue weighted by Crippen LogP contribution is -2.29. The average molecular weight is 415 g/mol. The van der Waals surface area contributed by atoms with Crippen molar-refractivity contribution in [2.45, 2.75) is 26.1 Å². The van der Waals surface area contributed by atoms with Gasteiger partial charge in [-0.25, -0.2) is 4.68 Å². The third-order valence-corrected chi connectivity index (χ3v) is 4.71. The fourth-order valence-corrected chi connectivity index (χ4v) is 3.01. The van der Waals surface area contributed by atoms with Crippen molar-refractivity contribution in [2.24, 2.45) is 0 Å². The first-order valence-corrected chi connectivity index (χ1v) is 9.90. The van der Waals surface area contributed by atoms with Crippen LogP contribution in [-0.4, -0.2) is 25.9 Å². The summed E-state index contributed by atoms with van der Waals surface area (Å²) in [6, 6.07) is 20.2. The molecule has 156 valence electrons. The number of nitrogens with one attached hydrogen (secondary N) is 1. The number of amides is 1. The minimum Gasteiger partial charge on any atom is -0.487 e. The summed E-state index contributed by atoms with van der Waals surface area (Å²) in [4.78, 5) is 28.8. The van der Waals surface area contributed by atoms with Crippen LogP contribution in [0.5, 0.6) is 5.75 Å². The Labute approximate surface area is 178 Å². The van der Waals surface area contributed by atoms with Crippen molar-refractivity contribution in [3.63, 3.8) is 0 Å². The molecule has 0 bridgehead atoms. The molecule has 0 unspecified atom stereocenters. The number of ether oxygens (including phenoxy) is 1. The Hall–Kier alpha value is -4.07. The lowest BCUT2D eigenvalue weighted by molar-refractivity contribution is -0.121. The summed E-state index contributed by atoms with van der Waals surface area (Å²) in [7, 11) is 0. The highest BCUT2D eigenvalue weighted by molar-refractivity contribution is 5.77. The van der Waals surface area contributed by atoms with Gasteiger partial charge >= 0.3 is 0 Å². The zero-order chi connectivity index (χ0) is 21.5. The van der Waals surface area contributed by atoms with Gasteiger partial charge in [-0.1, -0.05) is 35.5 Å². The zero-order valence-electron chi connectivity index (χ0n) is 16.8. The van der Waals surface area contributed by atoms with E-state index in [1.165, 1.54) is 4.68 Å². The molecule has 0 aliphatic heterocycles. The number of fused-ring (bicyclic) bond motifs is 1. The van der Waals surface area contributed by atoms with Gasteiger partial charge in [-0.15, -0.1) is 5.10 Å². The Bertz CT molecular complexity index is 1220. The van der Waals surface area contributed by atoms with Crippen LogP contribution in [0.4, 0.5) is 0 Å². The Morgan fingerprint density at radius 3 is 2.61 bits per heavy atom. The summed E-state index contributed by atoms with van der Waals surface area (Å²) in [5, 5.41) is 11.3. The topological polar surface area (TPSA) is 99.0 Å². The summed E-state index contributed by atoms with van der Waals surface area (Å²) in [5.41, 5.74) is 2.09. The van der Waals surface area contributed by atoms with E-state index in [9.17, 15) is 9.59 Å². The smallest absolute Gasteiger partial charge is 0.277 e. The van der Waals surface area contributed by atoms with Crippen LogP contribution in [0.3, 0.4) is 0 Å². The van der Waals surface area contributed by atoms with Crippen molar-refractivity contribution in [3.8, 4) is 5.75 Å². The molecule has 0 aliphatic carbocycles. The molecule has 8 nitrogen and oxygen atoms in total. The molecule has 8 heteroatoms. The molecule has 0 saturated carbocycles. The predicted molar refractivity (Wildman–Crippen MR) is 115 cm³/mol. The third kappa shape index (κ3) is 5.30. The molecule has 1 N–H and O–H groups in total. The summed E-state index contributed by atoms with van der Waals surface area (Å²) in [6.45, 7) is 0.953. The number of pyridine rings is 1. The van der Waals surface area contributed by atoms with E-state index in [1.807, 2.05) is 42.5 Å². The predicted octanol–water partition coefficient (Wildman–Crippen LogP) is 2.47. The molecular formula is C23H21N5O3. The molecule has 4 rings (SSSR count). The molecule has 0 spiro atoms. The Balaban J connectivity index is 1.25. The number of aromatic nitrogens is 4. The lowest BCUT2D eigenvalue weighted by Gasteiger charge is -2.08. The first kappa shape index (κ1) is 20.2. The second-order valence-corrected chi connectivity index (χ2v) is 6.92. The van der Waals surface area contributed by atoms with E-state index in [1.54, 1.807) is 30.5 Å². The van der Waals surface area contributed by atoms with Gasteiger partial charge in [0.2, 0.25) is 5.91 Å². The molecule has 0 saturated heterocycles. The molecule has 0 fully saturated rings. The van der Waals surface area contributed by atoms with E-state index in [-0.39, 0.29) is 24.4 Å². The van der Waals surface area contributed by atoms with Crippen molar-refractivity contribution < 1.29 is 9.53 Å². The van der Waals surface area contributed by atoms with E-state index in [0.717, 1.165) is 17.0 Å². The largest absolute Gasteiger partial charge is 0.487 e. The number of rotatable bonds is 8. The number of hydrogen-bond donors (Lipinski definition) is 1. The molecular weight excluding hydrogens is 394 g/mol. The minimum atomic E-state index is -0.250. The lowest BCUT2D eigenvalue weighted by atomic mass is 10.2. The second kappa shape index (κ2) is 9.62. The van der Waals surface area contributed by atoms with Crippen molar-refractivity contribution in [1.82, 2.24) is 25.3 Å². The van der Waals surface area contributed by atoms with Crippen LogP contribution in [0.15, 0.2) is 77.7 Å². The van der Waals surface area contributed by atoms with E-state index >= 15 is 0 Å². The number of aryl methyl sites for hydroxylation is 1. The average Bonchev–Trinajstić information content (AvgIpc) is 2.82. The van der Waals surface area contributed by atoms with Gasteiger partial charge in [-0.3, -0.25) is 14.6 Å². The highest BCUT2D eigenvalue weighted by Gasteiger charge is 2.08. The van der Waals surface area contributed by atoms with Crippen LogP contribution in [0.2, 0.25) is 0 Å². The number of hydrogen-bond acceptors (Lipinski definition) is 6. The van der Waals surface area contributed by atoms with Gasteiger partial charge < -0.3 is 10.1 Å². The van der Waals surface area contributed by atoms with Crippen LogP contribution in [-0.2, 0) is 24.5 Å². The Morgan fingerprint density at radius 2 is 1.81 bits per heavy atom. The van der Waals surface area contributed by atoms with Crippen molar-refractivity contribution in [1.29, 1.82) is 0 Å². The third-order valence-electron chi connectivity index (χ3n) is 4.71. The highest BCUT2D eigenvalue weighted by Crippen LogP contribution is 2.13. The maximum Gasteiger partial charge on any atom is 0.277 e. The van der Waals surface area contributed by atoms with Crippen LogP contribution < -0.4 is 15.6 Å². The van der Waals surface area contributed by atoms with Crippen LogP contribution >= 0.6 is 0 Å². The first-order valence-electron chi connectivity index (χ1n) is 9.90. The number of nitrogens with zero attached hydrogens (tertiary/aromatic N) is 4. The first-order chi connectivity index (χ1) is 15.2. The van der Waals surface area contributed by atoms with Crippen LogP contribution in [0.25, 0.3) is 10.9 Å². The molecule has 2 aromatic carbocycles. The number of carbonyl (C=O) groups excluding carboxylic acids is 1. The maximum atomic E-state index is 12.4. The molecule has 0 radical (unpaired) electrons. The highest BCUT2D eigenvalue weighted by atomic mass is 16.5. The van der Waals surface area contributed by atoms with Gasteiger partial charge in [0.05, 0.1) is 17.6 Å². The van der Waals surface area contributed by atoms with Crippen molar-refractivity contribution in [3.05, 3.63) is 94.5 Å². The van der Waals surface area contributed by atoms with Gasteiger partial charge in [0.1, 0.15) is 17.9 Å². The molecule has 4 aromatic rings. The normalized spacial score (nSPS) is 10.7. The molecule has 2 aromatic heterocycles. The van der Waals surface area contributed by atoms with Gasteiger partial charge in [0, 0.05) is 19.2 Å². The van der Waals surface area contributed by atoms with Crippen LogP contribution in [0.1, 0.15) is 17.7 Å². The van der Waals surface area contributed by atoms with Gasteiger partial charge in [0.25, 0.3) is 5.56 Å². The van der Waals surface area contributed by atoms with Gasteiger partial charge in [-0.05, 0) is 42.0 Å². The van der Waals surface area contributed by atoms with Crippen LogP contribution in [0, 0.1) is 0 Å². The maximum absolute atomic E-state index is 12.4. The van der Waals surface area contributed by atoms with Gasteiger partial charge in [-0.2, -0.15) is 0 Å². The quantitative estimate of drug-likeness (QED) is 0.475. The number of benzene rings is 2. The molecule has 0 atom stereocenters. The molecule has 2 heterocycles. The van der Waals surface area contributed by atoms with Crippen molar-refractivity contribution >= 4 is 16.8 Å². The van der Waals surface area contributed by atoms with Gasteiger partial charge in [0.15, 0.2) is 0 Å². The minimum absolute atomic E-state index is 0.137. The monoisotopic (exact) mass is 415 g/mol. The second-order valence-electron chi connectivity index (χ2n) is 6.92. The van der Waals surface area contributed by atoms with E-state index in [2.05, 4.69) is 20.6 Å². The summed E-state index contributed by atoms with van der Waals surface area (Å²) in [5.74, 6) is 0.562. The summed E-state index contributed by atoms with van der Waals surface area (Å²) < 4.78 is 6.92. The Morgan fingerprint density at radius 1 is 1.00 bits per heavy atom. The SMILES string of the molecule is O=C(CCn1nnc2ccccc2c1=O)NCc1ccc(OCc2ccccn2)cc1. The van der Waals surface area contributed by atoms with E-state index < -0.39 is 0 Å². The molecule has 31 heavy (non-hydrogen) atoms. The van der Waals surface area contributed by atoms with E-state index in [0.29, 0.717) is 24.1 Å². The Kier molecular flexibility index (Phi) is 6.27. The fraction of sp³-hybridized carbons (Fsp3) is 0.174. The zero-order valence-corrected chi connectivity index (χ0v) is 16.8. The molecule has 0 aliphatic rings. The number of carbonyl (C=O) groups is 1. The summed E-state index contributed by atoms with van der Waals surface area (Å²) >= 11 is 0.